The molecule has 1 aromatic rings. The quantitative estimate of drug-likeness (QED) is 0.674. The molecule has 0 amide bonds. The highest BCUT2D eigenvalue weighted by Crippen LogP contribution is 2.30. The number of nitrogens with one attached hydrogen (secondary N) is 1. The van der Waals surface area contributed by atoms with E-state index >= 15 is 0 Å². The number of nitro benzene ring substituents is 1. The molecule has 98 valence electrons. The molecule has 2 rings (SSSR count). The average molecular weight is 271 g/mol. The largest absolute Gasteiger partial charge is 0.381 e. The fourth-order valence-corrected chi connectivity index (χ4v) is 2.27. The van der Waals surface area contributed by atoms with Gasteiger partial charge in [0.15, 0.2) is 0 Å². The van der Waals surface area contributed by atoms with Gasteiger partial charge in [0.05, 0.1) is 11.5 Å². The first-order chi connectivity index (χ1) is 8.58. The molecule has 18 heavy (non-hydrogen) atoms. The lowest BCUT2D eigenvalue weighted by Gasteiger charge is -2.20. The predicted molar refractivity (Wildman–Crippen MR) is 70.1 cm³/mol. The van der Waals surface area contributed by atoms with Gasteiger partial charge in [-0.15, -0.1) is 0 Å². The van der Waals surface area contributed by atoms with E-state index in [9.17, 15) is 10.1 Å². The van der Waals surface area contributed by atoms with E-state index in [1.165, 1.54) is 12.1 Å². The molecule has 1 N–H and O–H groups in total. The highest BCUT2D eigenvalue weighted by Gasteiger charge is 2.24. The van der Waals surface area contributed by atoms with Gasteiger partial charge in [-0.1, -0.05) is 11.6 Å². The molecular formula is C12H15ClN2O3. The van der Waals surface area contributed by atoms with E-state index in [4.69, 9.17) is 16.3 Å². The summed E-state index contributed by atoms with van der Waals surface area (Å²) in [4.78, 5) is 10.5. The van der Waals surface area contributed by atoms with Crippen LogP contribution in [0, 0.1) is 16.0 Å². The first-order valence-corrected chi connectivity index (χ1v) is 6.24. The van der Waals surface area contributed by atoms with Crippen molar-refractivity contribution < 1.29 is 9.66 Å². The van der Waals surface area contributed by atoms with Crippen LogP contribution >= 0.6 is 11.6 Å². The zero-order chi connectivity index (χ0) is 13.1. The van der Waals surface area contributed by atoms with Crippen LogP contribution in [-0.4, -0.2) is 24.2 Å². The summed E-state index contributed by atoms with van der Waals surface area (Å²) >= 11 is 5.88. The van der Waals surface area contributed by atoms with Crippen molar-refractivity contribution in [1.82, 2.24) is 0 Å². The summed E-state index contributed by atoms with van der Waals surface area (Å²) in [5, 5.41) is 14.6. The summed E-state index contributed by atoms with van der Waals surface area (Å²) in [6, 6.07) is 4.65. The Bertz CT molecular complexity index is 447. The topological polar surface area (TPSA) is 64.4 Å². The van der Waals surface area contributed by atoms with Crippen molar-refractivity contribution in [3.8, 4) is 0 Å². The van der Waals surface area contributed by atoms with E-state index in [1.807, 2.05) is 6.92 Å². The Morgan fingerprint density at radius 3 is 3.00 bits per heavy atom. The highest BCUT2D eigenvalue weighted by molar-refractivity contribution is 6.31. The second-order valence-electron chi connectivity index (χ2n) is 4.48. The van der Waals surface area contributed by atoms with Crippen LogP contribution in [0.4, 0.5) is 11.4 Å². The number of hydrogen-bond acceptors (Lipinski definition) is 4. The minimum absolute atomic E-state index is 0.0464. The van der Waals surface area contributed by atoms with E-state index in [0.717, 1.165) is 13.0 Å². The number of nitrogens with zero attached hydrogens (tertiary/aromatic N) is 1. The molecule has 6 heteroatoms. The fourth-order valence-electron chi connectivity index (χ4n) is 2.09. The van der Waals surface area contributed by atoms with Crippen LogP contribution < -0.4 is 5.32 Å². The zero-order valence-electron chi connectivity index (χ0n) is 10.1. The summed E-state index contributed by atoms with van der Waals surface area (Å²) in [5.41, 5.74) is 0.511. The molecule has 2 unspecified atom stereocenters. The molecule has 0 saturated carbocycles. The van der Waals surface area contributed by atoms with Crippen molar-refractivity contribution in [3.05, 3.63) is 33.3 Å². The molecule has 1 heterocycles. The Hall–Kier alpha value is -1.33. The van der Waals surface area contributed by atoms with Gasteiger partial charge >= 0.3 is 0 Å². The minimum Gasteiger partial charge on any atom is -0.381 e. The molecule has 1 saturated heterocycles. The Balaban J connectivity index is 2.16. The van der Waals surface area contributed by atoms with E-state index in [0.29, 0.717) is 23.2 Å². The van der Waals surface area contributed by atoms with Gasteiger partial charge in [-0.05, 0) is 25.5 Å². The second-order valence-corrected chi connectivity index (χ2v) is 4.91. The molecule has 5 nitrogen and oxygen atoms in total. The zero-order valence-corrected chi connectivity index (χ0v) is 10.8. The first-order valence-electron chi connectivity index (χ1n) is 5.86. The molecule has 0 bridgehead atoms. The molecule has 0 spiro atoms. The SMILES string of the molecule is CC(Nc1cc(Cl)ccc1[N+](=O)[O-])C1CCOC1. The first kappa shape index (κ1) is 13.1. The Morgan fingerprint density at radius 1 is 1.61 bits per heavy atom. The van der Waals surface area contributed by atoms with Gasteiger partial charge in [0.2, 0.25) is 0 Å². The smallest absolute Gasteiger partial charge is 0.292 e. The number of ether oxygens (including phenoxy) is 1. The predicted octanol–water partition coefficient (Wildman–Crippen LogP) is 3.09. The van der Waals surface area contributed by atoms with E-state index < -0.39 is 4.92 Å². The molecule has 0 aromatic heterocycles. The van der Waals surface area contributed by atoms with Crippen molar-refractivity contribution in [1.29, 1.82) is 0 Å². The number of anilines is 1. The van der Waals surface area contributed by atoms with Crippen LogP contribution in [0.3, 0.4) is 0 Å². The van der Waals surface area contributed by atoms with Gasteiger partial charge < -0.3 is 10.1 Å². The molecule has 1 aliphatic rings. The molecule has 1 aromatic carbocycles. The van der Waals surface area contributed by atoms with Crippen LogP contribution in [0.1, 0.15) is 13.3 Å². The number of hydrogen-bond donors (Lipinski definition) is 1. The maximum atomic E-state index is 10.9. The summed E-state index contributed by atoms with van der Waals surface area (Å²) in [6.07, 6.45) is 0.975. The lowest BCUT2D eigenvalue weighted by molar-refractivity contribution is -0.384. The monoisotopic (exact) mass is 270 g/mol. The van der Waals surface area contributed by atoms with Gasteiger partial charge in [0.25, 0.3) is 5.69 Å². The number of benzene rings is 1. The third-order valence-electron chi connectivity index (χ3n) is 3.21. The summed E-state index contributed by atoms with van der Waals surface area (Å²) in [7, 11) is 0. The van der Waals surface area contributed by atoms with Crippen LogP contribution in [0.2, 0.25) is 5.02 Å². The van der Waals surface area contributed by atoms with Crippen LogP contribution in [0.25, 0.3) is 0 Å². The lowest BCUT2D eigenvalue weighted by Crippen LogP contribution is -2.26. The standard InChI is InChI=1S/C12H15ClN2O3/c1-8(9-4-5-18-7-9)14-11-6-10(13)2-3-12(11)15(16)17/h2-3,6,8-9,14H,4-5,7H2,1H3. The highest BCUT2D eigenvalue weighted by atomic mass is 35.5. The van der Waals surface area contributed by atoms with Crippen molar-refractivity contribution in [2.24, 2.45) is 5.92 Å². The third-order valence-corrected chi connectivity index (χ3v) is 3.45. The molecule has 1 aliphatic heterocycles. The molecule has 0 aliphatic carbocycles. The Labute approximate surface area is 110 Å². The maximum absolute atomic E-state index is 10.9. The molecule has 2 atom stereocenters. The Kier molecular flexibility index (Phi) is 4.04. The van der Waals surface area contributed by atoms with Crippen molar-refractivity contribution >= 4 is 23.0 Å². The maximum Gasteiger partial charge on any atom is 0.292 e. The summed E-state index contributed by atoms with van der Waals surface area (Å²) in [6.45, 7) is 3.46. The summed E-state index contributed by atoms with van der Waals surface area (Å²) < 4.78 is 5.32. The molecular weight excluding hydrogens is 256 g/mol. The Morgan fingerprint density at radius 2 is 2.39 bits per heavy atom. The third kappa shape index (κ3) is 2.91. The normalized spacial score (nSPS) is 20.7. The van der Waals surface area contributed by atoms with E-state index in [2.05, 4.69) is 5.32 Å². The van der Waals surface area contributed by atoms with Crippen LogP contribution in [-0.2, 0) is 4.74 Å². The summed E-state index contributed by atoms with van der Waals surface area (Å²) in [5.74, 6) is 0.378. The van der Waals surface area contributed by atoms with E-state index in [1.54, 1.807) is 6.07 Å². The fraction of sp³-hybridized carbons (Fsp3) is 0.500. The average Bonchev–Trinajstić information content (AvgIpc) is 2.81. The van der Waals surface area contributed by atoms with Gasteiger partial charge in [-0.3, -0.25) is 10.1 Å². The van der Waals surface area contributed by atoms with Crippen LogP contribution in [0.5, 0.6) is 0 Å². The van der Waals surface area contributed by atoms with E-state index in [-0.39, 0.29) is 11.7 Å². The number of rotatable bonds is 4. The van der Waals surface area contributed by atoms with Gasteiger partial charge in [-0.25, -0.2) is 0 Å². The molecule has 1 fully saturated rings. The van der Waals surface area contributed by atoms with Crippen molar-refractivity contribution in [3.63, 3.8) is 0 Å². The van der Waals surface area contributed by atoms with Crippen molar-refractivity contribution in [2.45, 2.75) is 19.4 Å². The second kappa shape index (κ2) is 5.54. The van der Waals surface area contributed by atoms with Gasteiger partial charge in [0, 0.05) is 29.7 Å². The van der Waals surface area contributed by atoms with Crippen LogP contribution in [0.15, 0.2) is 18.2 Å². The van der Waals surface area contributed by atoms with Crippen molar-refractivity contribution in [2.75, 3.05) is 18.5 Å². The van der Waals surface area contributed by atoms with Gasteiger partial charge in [-0.2, -0.15) is 0 Å². The number of nitro groups is 1. The molecule has 0 radical (unpaired) electrons. The van der Waals surface area contributed by atoms with Gasteiger partial charge in [0.1, 0.15) is 5.69 Å². The minimum atomic E-state index is -0.406. The number of halogens is 1. The lowest BCUT2D eigenvalue weighted by atomic mass is 10.0.